The molecule has 0 aliphatic heterocycles. The summed E-state index contributed by atoms with van der Waals surface area (Å²) in [7, 11) is 1.50. The van der Waals surface area contributed by atoms with Crippen LogP contribution in [0, 0.1) is 6.92 Å². The first-order chi connectivity index (χ1) is 11.9. The fourth-order valence-electron chi connectivity index (χ4n) is 2.40. The summed E-state index contributed by atoms with van der Waals surface area (Å²) in [6.07, 6.45) is 0. The van der Waals surface area contributed by atoms with Gasteiger partial charge in [0.1, 0.15) is 6.61 Å². The SMILES string of the molecule is COCCOC(=O)c1cc2c(=O)c3cc(Cl)cc(Cl)c3oc2nc1C. The quantitative estimate of drug-likeness (QED) is 0.388. The lowest BCUT2D eigenvalue weighted by molar-refractivity contribution is 0.0387. The van der Waals surface area contributed by atoms with Crippen LogP contribution >= 0.6 is 23.2 Å². The molecule has 0 fully saturated rings. The number of benzene rings is 1. The fraction of sp³-hybridized carbons (Fsp3) is 0.235. The molecule has 0 atom stereocenters. The van der Waals surface area contributed by atoms with Gasteiger partial charge in [0.05, 0.1) is 33.7 Å². The number of ether oxygens (including phenoxy) is 2. The predicted molar refractivity (Wildman–Crippen MR) is 94.7 cm³/mol. The molecule has 130 valence electrons. The summed E-state index contributed by atoms with van der Waals surface area (Å²) >= 11 is 12.1. The third-order valence-electron chi connectivity index (χ3n) is 3.62. The van der Waals surface area contributed by atoms with E-state index in [2.05, 4.69) is 4.98 Å². The Morgan fingerprint density at radius 2 is 1.96 bits per heavy atom. The second-order valence-corrected chi connectivity index (χ2v) is 6.14. The van der Waals surface area contributed by atoms with Crippen molar-refractivity contribution in [3.05, 3.63) is 49.7 Å². The minimum atomic E-state index is -0.590. The highest BCUT2D eigenvalue weighted by molar-refractivity contribution is 6.38. The van der Waals surface area contributed by atoms with Crippen LogP contribution in [0.15, 0.2) is 27.4 Å². The van der Waals surface area contributed by atoms with Crippen LogP contribution in [0.1, 0.15) is 16.1 Å². The van der Waals surface area contributed by atoms with Gasteiger partial charge in [0.25, 0.3) is 0 Å². The van der Waals surface area contributed by atoms with Gasteiger partial charge in [0.15, 0.2) is 5.58 Å². The molecule has 0 radical (unpaired) electrons. The van der Waals surface area contributed by atoms with Gasteiger partial charge >= 0.3 is 5.97 Å². The van der Waals surface area contributed by atoms with Crippen molar-refractivity contribution in [1.82, 2.24) is 4.98 Å². The van der Waals surface area contributed by atoms with Crippen molar-refractivity contribution in [2.24, 2.45) is 0 Å². The zero-order chi connectivity index (χ0) is 18.1. The van der Waals surface area contributed by atoms with Crippen LogP contribution < -0.4 is 5.43 Å². The van der Waals surface area contributed by atoms with Crippen LogP contribution in [0.25, 0.3) is 22.1 Å². The number of halogens is 2. The van der Waals surface area contributed by atoms with E-state index in [1.807, 2.05) is 0 Å². The fourth-order valence-corrected chi connectivity index (χ4v) is 2.93. The molecule has 0 amide bonds. The first-order valence-electron chi connectivity index (χ1n) is 7.31. The molecule has 0 saturated carbocycles. The lowest BCUT2D eigenvalue weighted by Gasteiger charge is -2.08. The highest BCUT2D eigenvalue weighted by Crippen LogP contribution is 2.28. The van der Waals surface area contributed by atoms with Gasteiger partial charge in [0, 0.05) is 12.1 Å². The van der Waals surface area contributed by atoms with Gasteiger partial charge in [-0.15, -0.1) is 0 Å². The lowest BCUT2D eigenvalue weighted by Crippen LogP contribution is -2.13. The number of aryl methyl sites for hydroxylation is 1. The molecule has 0 aliphatic carbocycles. The molecule has 25 heavy (non-hydrogen) atoms. The van der Waals surface area contributed by atoms with Crippen molar-refractivity contribution >= 4 is 51.2 Å². The zero-order valence-corrected chi connectivity index (χ0v) is 14.9. The van der Waals surface area contributed by atoms with Gasteiger partial charge in [-0.05, 0) is 25.1 Å². The average Bonchev–Trinajstić information content (AvgIpc) is 2.56. The number of aromatic nitrogens is 1. The molecule has 0 saturated heterocycles. The highest BCUT2D eigenvalue weighted by Gasteiger charge is 2.18. The first-order valence-corrected chi connectivity index (χ1v) is 8.07. The lowest BCUT2D eigenvalue weighted by atomic mass is 10.1. The van der Waals surface area contributed by atoms with E-state index in [0.29, 0.717) is 10.7 Å². The molecule has 6 nitrogen and oxygen atoms in total. The second kappa shape index (κ2) is 7.00. The number of carbonyl (C=O) groups excluding carboxylic acids is 1. The normalized spacial score (nSPS) is 11.2. The standard InChI is InChI=1S/C17H13Cl2NO5/c1-8-10(17(22)24-4-3-23-2)7-12-14(21)11-5-9(18)6-13(19)15(11)25-16(12)20-8/h5-7H,3-4H2,1-2H3. The van der Waals surface area contributed by atoms with E-state index >= 15 is 0 Å². The van der Waals surface area contributed by atoms with Gasteiger partial charge in [-0.25, -0.2) is 9.78 Å². The topological polar surface area (TPSA) is 78.6 Å². The van der Waals surface area contributed by atoms with Crippen molar-refractivity contribution in [3.8, 4) is 0 Å². The van der Waals surface area contributed by atoms with Gasteiger partial charge in [-0.2, -0.15) is 0 Å². The summed E-state index contributed by atoms with van der Waals surface area (Å²) in [6, 6.07) is 4.35. The van der Waals surface area contributed by atoms with E-state index in [9.17, 15) is 9.59 Å². The number of hydrogen-bond donors (Lipinski definition) is 0. The first kappa shape index (κ1) is 17.7. The number of pyridine rings is 1. The molecular weight excluding hydrogens is 369 g/mol. The number of methoxy groups -OCH3 is 1. The van der Waals surface area contributed by atoms with Crippen LogP contribution in [0.5, 0.6) is 0 Å². The van der Waals surface area contributed by atoms with Crippen molar-refractivity contribution < 1.29 is 18.7 Å². The molecule has 3 rings (SSSR count). The molecule has 2 aromatic heterocycles. The van der Waals surface area contributed by atoms with Crippen molar-refractivity contribution in [2.45, 2.75) is 6.92 Å². The average molecular weight is 382 g/mol. The van der Waals surface area contributed by atoms with Gasteiger partial charge < -0.3 is 13.9 Å². The minimum absolute atomic E-state index is 0.0904. The molecule has 0 N–H and O–H groups in total. The smallest absolute Gasteiger partial charge is 0.340 e. The second-order valence-electron chi connectivity index (χ2n) is 5.30. The largest absolute Gasteiger partial charge is 0.460 e. The van der Waals surface area contributed by atoms with Crippen molar-refractivity contribution in [1.29, 1.82) is 0 Å². The Morgan fingerprint density at radius 3 is 2.68 bits per heavy atom. The van der Waals surface area contributed by atoms with Crippen LogP contribution in [0.3, 0.4) is 0 Å². The number of carbonyl (C=O) groups is 1. The van der Waals surface area contributed by atoms with E-state index in [4.69, 9.17) is 37.1 Å². The van der Waals surface area contributed by atoms with Crippen LogP contribution in [0.4, 0.5) is 0 Å². The van der Waals surface area contributed by atoms with Crippen molar-refractivity contribution in [3.63, 3.8) is 0 Å². The van der Waals surface area contributed by atoms with Gasteiger partial charge in [0.2, 0.25) is 11.1 Å². The highest BCUT2D eigenvalue weighted by atomic mass is 35.5. The summed E-state index contributed by atoms with van der Waals surface area (Å²) in [6.45, 7) is 2.00. The number of esters is 1. The molecule has 0 spiro atoms. The maximum Gasteiger partial charge on any atom is 0.340 e. The Kier molecular flexibility index (Phi) is 4.94. The minimum Gasteiger partial charge on any atom is -0.460 e. The molecule has 8 heteroatoms. The summed E-state index contributed by atoms with van der Waals surface area (Å²) < 4.78 is 15.6. The third kappa shape index (κ3) is 3.33. The van der Waals surface area contributed by atoms with E-state index < -0.39 is 5.97 Å². The van der Waals surface area contributed by atoms with Crippen LogP contribution in [-0.4, -0.2) is 31.3 Å². The Hall–Kier alpha value is -2.15. The Bertz CT molecular complexity index is 1040. The molecule has 0 aliphatic rings. The predicted octanol–water partition coefficient (Wildman–Crippen LogP) is 3.76. The van der Waals surface area contributed by atoms with E-state index in [1.165, 1.54) is 25.3 Å². The molecule has 3 aromatic rings. The summed E-state index contributed by atoms with van der Waals surface area (Å²) in [5.74, 6) is -0.590. The van der Waals surface area contributed by atoms with Gasteiger partial charge in [-0.3, -0.25) is 4.79 Å². The van der Waals surface area contributed by atoms with Gasteiger partial charge in [-0.1, -0.05) is 23.2 Å². The molecule has 1 aromatic carbocycles. The van der Waals surface area contributed by atoms with Crippen LogP contribution in [-0.2, 0) is 9.47 Å². The molecular formula is C17H13Cl2NO5. The Balaban J connectivity index is 2.19. The molecule has 0 unspecified atom stereocenters. The maximum absolute atomic E-state index is 12.7. The molecule has 0 bridgehead atoms. The van der Waals surface area contributed by atoms with E-state index in [-0.39, 0.29) is 51.3 Å². The summed E-state index contributed by atoms with van der Waals surface area (Å²) in [5, 5.41) is 0.886. The number of hydrogen-bond acceptors (Lipinski definition) is 6. The monoisotopic (exact) mass is 381 g/mol. The maximum atomic E-state index is 12.7. The number of nitrogens with zero attached hydrogens (tertiary/aromatic N) is 1. The number of fused-ring (bicyclic) bond motifs is 2. The third-order valence-corrected chi connectivity index (χ3v) is 4.11. The van der Waals surface area contributed by atoms with Crippen LogP contribution in [0.2, 0.25) is 10.0 Å². The Morgan fingerprint density at radius 1 is 1.20 bits per heavy atom. The zero-order valence-electron chi connectivity index (χ0n) is 13.4. The number of rotatable bonds is 4. The Labute approximate surface area is 152 Å². The van der Waals surface area contributed by atoms with Crippen molar-refractivity contribution in [2.75, 3.05) is 20.3 Å². The molecule has 2 heterocycles. The summed E-state index contributed by atoms with van der Waals surface area (Å²) in [4.78, 5) is 29.1. The van der Waals surface area contributed by atoms with E-state index in [1.54, 1.807) is 6.92 Å². The summed E-state index contributed by atoms with van der Waals surface area (Å²) in [5.41, 5.74) is 0.475. The van der Waals surface area contributed by atoms with E-state index in [0.717, 1.165) is 0 Å².